The fourth-order valence-electron chi connectivity index (χ4n) is 2.59. The lowest BCUT2D eigenvalue weighted by Crippen LogP contribution is -2.42. The van der Waals surface area contributed by atoms with Crippen LogP contribution in [0.5, 0.6) is 0 Å². The van der Waals surface area contributed by atoms with Gasteiger partial charge in [0.1, 0.15) is 0 Å². The lowest BCUT2D eigenvalue weighted by Gasteiger charge is -2.27. The van der Waals surface area contributed by atoms with Crippen molar-refractivity contribution in [1.82, 2.24) is 10.6 Å². The van der Waals surface area contributed by atoms with E-state index in [4.69, 9.17) is 0 Å². The van der Waals surface area contributed by atoms with Crippen molar-refractivity contribution < 1.29 is 5.11 Å². The average molecular weight is 198 g/mol. The molecule has 0 spiro atoms. The van der Waals surface area contributed by atoms with Crippen molar-refractivity contribution in [2.24, 2.45) is 0 Å². The molecule has 1 aliphatic heterocycles. The Morgan fingerprint density at radius 2 is 2.14 bits per heavy atom. The van der Waals surface area contributed by atoms with Gasteiger partial charge in [0, 0.05) is 18.6 Å². The van der Waals surface area contributed by atoms with E-state index < -0.39 is 0 Å². The molecule has 0 aromatic heterocycles. The maximum absolute atomic E-state index is 9.52. The lowest BCUT2D eigenvalue weighted by molar-refractivity contribution is 0.111. The predicted molar refractivity (Wildman–Crippen MR) is 57.3 cm³/mol. The molecule has 0 amide bonds. The van der Waals surface area contributed by atoms with Gasteiger partial charge in [-0.05, 0) is 45.1 Å². The van der Waals surface area contributed by atoms with Gasteiger partial charge >= 0.3 is 0 Å². The van der Waals surface area contributed by atoms with Gasteiger partial charge in [-0.2, -0.15) is 0 Å². The first-order valence-electron chi connectivity index (χ1n) is 5.99. The van der Waals surface area contributed by atoms with E-state index in [2.05, 4.69) is 10.6 Å². The Morgan fingerprint density at radius 1 is 1.21 bits per heavy atom. The largest absolute Gasteiger partial charge is 0.393 e. The van der Waals surface area contributed by atoms with Crippen LogP contribution < -0.4 is 10.6 Å². The monoisotopic (exact) mass is 198 g/mol. The molecule has 1 heterocycles. The molecule has 2 fully saturated rings. The van der Waals surface area contributed by atoms with E-state index >= 15 is 0 Å². The van der Waals surface area contributed by atoms with Gasteiger partial charge in [0.15, 0.2) is 0 Å². The van der Waals surface area contributed by atoms with Crippen molar-refractivity contribution in [2.75, 3.05) is 13.1 Å². The standard InChI is InChI=1S/C11H22N2O/c14-11-5-1-3-9(7-11)13-8-10-4-2-6-12-10/h9-14H,1-8H2. The SMILES string of the molecule is OC1CCCC(NCC2CCCN2)C1. The van der Waals surface area contributed by atoms with Crippen LogP contribution in [0.2, 0.25) is 0 Å². The summed E-state index contributed by atoms with van der Waals surface area (Å²) >= 11 is 0. The van der Waals surface area contributed by atoms with Crippen LogP contribution in [0.1, 0.15) is 38.5 Å². The van der Waals surface area contributed by atoms with Crippen LogP contribution in [0, 0.1) is 0 Å². The average Bonchev–Trinajstić information content (AvgIpc) is 2.67. The minimum Gasteiger partial charge on any atom is -0.393 e. The Kier molecular flexibility index (Phi) is 3.79. The molecule has 0 radical (unpaired) electrons. The number of aliphatic hydroxyl groups excluding tert-OH is 1. The van der Waals surface area contributed by atoms with Gasteiger partial charge in [0.25, 0.3) is 0 Å². The highest BCUT2D eigenvalue weighted by molar-refractivity contribution is 4.82. The highest BCUT2D eigenvalue weighted by Crippen LogP contribution is 2.18. The summed E-state index contributed by atoms with van der Waals surface area (Å²) < 4.78 is 0. The molecule has 1 saturated heterocycles. The molecule has 3 heteroatoms. The molecule has 2 rings (SSSR count). The predicted octanol–water partition coefficient (Wildman–Crippen LogP) is 0.631. The molecule has 3 nitrogen and oxygen atoms in total. The molecule has 0 aromatic rings. The highest BCUT2D eigenvalue weighted by Gasteiger charge is 2.21. The third-order valence-electron chi connectivity index (χ3n) is 3.46. The van der Waals surface area contributed by atoms with Crippen molar-refractivity contribution in [1.29, 1.82) is 0 Å². The normalized spacial score (nSPS) is 38.8. The van der Waals surface area contributed by atoms with Gasteiger partial charge in [0.05, 0.1) is 6.10 Å². The quantitative estimate of drug-likeness (QED) is 0.623. The molecule has 3 atom stereocenters. The second-order valence-electron chi connectivity index (χ2n) is 4.72. The van der Waals surface area contributed by atoms with E-state index in [1.165, 1.54) is 32.2 Å². The molecule has 0 bridgehead atoms. The summed E-state index contributed by atoms with van der Waals surface area (Å²) in [6, 6.07) is 1.23. The van der Waals surface area contributed by atoms with Gasteiger partial charge in [-0.15, -0.1) is 0 Å². The van der Waals surface area contributed by atoms with E-state index in [1.54, 1.807) is 0 Å². The van der Waals surface area contributed by atoms with Crippen LogP contribution in [0.15, 0.2) is 0 Å². The van der Waals surface area contributed by atoms with Crippen molar-refractivity contribution in [3.05, 3.63) is 0 Å². The first-order valence-corrected chi connectivity index (χ1v) is 5.99. The summed E-state index contributed by atoms with van der Waals surface area (Å²) in [5, 5.41) is 16.6. The van der Waals surface area contributed by atoms with E-state index in [-0.39, 0.29) is 6.10 Å². The molecular formula is C11H22N2O. The van der Waals surface area contributed by atoms with Crippen LogP contribution >= 0.6 is 0 Å². The van der Waals surface area contributed by atoms with Crippen LogP contribution in [0.3, 0.4) is 0 Å². The molecule has 82 valence electrons. The molecule has 2 aliphatic rings. The number of nitrogens with one attached hydrogen (secondary N) is 2. The fraction of sp³-hybridized carbons (Fsp3) is 1.00. The maximum atomic E-state index is 9.52. The number of rotatable bonds is 3. The summed E-state index contributed by atoms with van der Waals surface area (Å²) in [4.78, 5) is 0. The first-order chi connectivity index (χ1) is 6.84. The van der Waals surface area contributed by atoms with E-state index in [9.17, 15) is 5.11 Å². The van der Waals surface area contributed by atoms with Crippen LogP contribution in [-0.2, 0) is 0 Å². The number of hydrogen-bond acceptors (Lipinski definition) is 3. The second kappa shape index (κ2) is 5.10. The Hall–Kier alpha value is -0.120. The molecule has 3 N–H and O–H groups in total. The van der Waals surface area contributed by atoms with E-state index in [0.29, 0.717) is 12.1 Å². The van der Waals surface area contributed by atoms with Crippen LogP contribution in [0.25, 0.3) is 0 Å². The van der Waals surface area contributed by atoms with E-state index in [0.717, 1.165) is 19.4 Å². The van der Waals surface area contributed by atoms with Crippen LogP contribution in [0.4, 0.5) is 0 Å². The molecule has 0 aromatic carbocycles. The summed E-state index contributed by atoms with van der Waals surface area (Å²) in [6.07, 6.45) is 6.94. The van der Waals surface area contributed by atoms with Gasteiger partial charge in [-0.1, -0.05) is 0 Å². The van der Waals surface area contributed by atoms with Gasteiger partial charge in [-0.3, -0.25) is 0 Å². The van der Waals surface area contributed by atoms with Crippen molar-refractivity contribution in [3.8, 4) is 0 Å². The highest BCUT2D eigenvalue weighted by atomic mass is 16.3. The molecule has 3 unspecified atom stereocenters. The number of hydrogen-bond donors (Lipinski definition) is 3. The Labute approximate surface area is 86.3 Å². The fourth-order valence-corrected chi connectivity index (χ4v) is 2.59. The summed E-state index contributed by atoms with van der Waals surface area (Å²) in [6.45, 7) is 2.26. The molecule has 14 heavy (non-hydrogen) atoms. The lowest BCUT2D eigenvalue weighted by atomic mass is 9.93. The zero-order valence-corrected chi connectivity index (χ0v) is 8.84. The third kappa shape index (κ3) is 2.94. The van der Waals surface area contributed by atoms with Crippen molar-refractivity contribution in [3.63, 3.8) is 0 Å². The van der Waals surface area contributed by atoms with Crippen molar-refractivity contribution in [2.45, 2.75) is 56.7 Å². The minimum atomic E-state index is -0.0576. The Bertz CT molecular complexity index is 169. The smallest absolute Gasteiger partial charge is 0.0555 e. The Balaban J connectivity index is 1.64. The topological polar surface area (TPSA) is 44.3 Å². The minimum absolute atomic E-state index is 0.0576. The zero-order chi connectivity index (χ0) is 9.80. The number of aliphatic hydroxyl groups is 1. The third-order valence-corrected chi connectivity index (χ3v) is 3.46. The summed E-state index contributed by atoms with van der Waals surface area (Å²) in [7, 11) is 0. The molecule has 1 aliphatic carbocycles. The maximum Gasteiger partial charge on any atom is 0.0555 e. The Morgan fingerprint density at radius 3 is 2.86 bits per heavy atom. The van der Waals surface area contributed by atoms with Crippen molar-refractivity contribution >= 4 is 0 Å². The van der Waals surface area contributed by atoms with E-state index in [1.807, 2.05) is 0 Å². The summed E-state index contributed by atoms with van der Waals surface area (Å²) in [5.41, 5.74) is 0. The summed E-state index contributed by atoms with van der Waals surface area (Å²) in [5.74, 6) is 0. The van der Waals surface area contributed by atoms with Gasteiger partial charge in [-0.25, -0.2) is 0 Å². The van der Waals surface area contributed by atoms with Gasteiger partial charge in [0.2, 0.25) is 0 Å². The van der Waals surface area contributed by atoms with Gasteiger partial charge < -0.3 is 15.7 Å². The zero-order valence-electron chi connectivity index (χ0n) is 8.84. The van der Waals surface area contributed by atoms with Crippen LogP contribution in [-0.4, -0.2) is 36.4 Å². The first kappa shape index (κ1) is 10.4. The second-order valence-corrected chi connectivity index (χ2v) is 4.72. The molecular weight excluding hydrogens is 176 g/mol. The molecule has 1 saturated carbocycles.